The van der Waals surface area contributed by atoms with Crippen molar-refractivity contribution in [1.82, 2.24) is 0 Å². The monoisotopic (exact) mass is 508 g/mol. The molecule has 2 aliphatic heterocycles. The van der Waals surface area contributed by atoms with Crippen LogP contribution in [0.3, 0.4) is 0 Å². The molecule has 2 aromatic rings. The van der Waals surface area contributed by atoms with E-state index in [4.69, 9.17) is 28.4 Å². The molecular weight excluding hydrogens is 476 g/mol. The van der Waals surface area contributed by atoms with E-state index in [0.29, 0.717) is 35.7 Å². The van der Waals surface area contributed by atoms with Crippen molar-refractivity contribution in [2.75, 3.05) is 27.4 Å². The van der Waals surface area contributed by atoms with Crippen molar-refractivity contribution in [2.24, 2.45) is 0 Å². The van der Waals surface area contributed by atoms with Crippen LogP contribution in [0.25, 0.3) is 0 Å². The van der Waals surface area contributed by atoms with E-state index >= 15 is 0 Å². The Morgan fingerprint density at radius 1 is 0.889 bits per heavy atom. The summed E-state index contributed by atoms with van der Waals surface area (Å²) in [5.74, 6) is 1.31. The summed E-state index contributed by atoms with van der Waals surface area (Å²) in [6, 6.07) is 10.3. The molecule has 0 aliphatic carbocycles. The lowest BCUT2D eigenvalue weighted by Crippen LogP contribution is -2.58. The van der Waals surface area contributed by atoms with Gasteiger partial charge in [0.1, 0.15) is 18.3 Å². The molecule has 5 N–H and O–H groups in total. The van der Waals surface area contributed by atoms with Gasteiger partial charge in [0.05, 0.1) is 20.3 Å². The number of methoxy groups -OCH3 is 2. The summed E-state index contributed by atoms with van der Waals surface area (Å²) in [6.45, 7) is -0.0466. The molecule has 11 heteroatoms. The van der Waals surface area contributed by atoms with Crippen molar-refractivity contribution in [1.29, 1.82) is 0 Å². The van der Waals surface area contributed by atoms with Crippen LogP contribution in [-0.4, -0.2) is 90.0 Å². The molecule has 0 unspecified atom stereocenters. The quantitative estimate of drug-likeness (QED) is 0.303. The Balaban J connectivity index is 1.37. The maximum Gasteiger partial charge on any atom is 0.189 e. The second-order valence-electron chi connectivity index (χ2n) is 8.64. The van der Waals surface area contributed by atoms with Gasteiger partial charge in [0, 0.05) is 12.7 Å². The van der Waals surface area contributed by atoms with Gasteiger partial charge in [-0.2, -0.15) is 0 Å². The van der Waals surface area contributed by atoms with Crippen molar-refractivity contribution in [3.05, 3.63) is 47.5 Å². The van der Waals surface area contributed by atoms with E-state index in [0.717, 1.165) is 5.56 Å². The molecule has 2 aromatic carbocycles. The van der Waals surface area contributed by atoms with E-state index in [1.165, 1.54) is 20.3 Å². The Kier molecular flexibility index (Phi) is 8.52. The van der Waals surface area contributed by atoms with Crippen LogP contribution < -0.4 is 14.2 Å². The number of phenolic OH excluding ortho intramolecular Hbond substituents is 1. The lowest BCUT2D eigenvalue weighted by atomic mass is 10.0. The average molecular weight is 509 g/mol. The van der Waals surface area contributed by atoms with Crippen LogP contribution in [0.1, 0.15) is 23.7 Å². The number of hydrogen-bond acceptors (Lipinski definition) is 11. The average Bonchev–Trinajstić information content (AvgIpc) is 2.90. The molecule has 36 heavy (non-hydrogen) atoms. The first-order valence-electron chi connectivity index (χ1n) is 11.6. The van der Waals surface area contributed by atoms with E-state index in [1.54, 1.807) is 18.2 Å². The van der Waals surface area contributed by atoms with Gasteiger partial charge in [0.2, 0.25) is 0 Å². The van der Waals surface area contributed by atoms with Gasteiger partial charge in [-0.3, -0.25) is 0 Å². The summed E-state index contributed by atoms with van der Waals surface area (Å²) < 4.78 is 33.3. The predicted molar refractivity (Wildman–Crippen MR) is 124 cm³/mol. The minimum absolute atomic E-state index is 0.00185. The standard InChI is InChI=1S/C25H32O11/c1-31-17-11-14(6-7-15(17)27)23-19(12-26)34-16-8-5-13(10-18(16)35-23)4-3-9-33-25-22(30)20(28)21(29)24(32-2)36-25/h5-8,10-11,19-30H,3-4,9,12H2,1-2H3/t19-,20-,21-,22+,23-,24-,25+/m0/s1. The molecule has 1 fully saturated rings. The molecule has 2 heterocycles. The number of hydrogen-bond donors (Lipinski definition) is 5. The summed E-state index contributed by atoms with van der Waals surface area (Å²) in [4.78, 5) is 0. The topological polar surface area (TPSA) is 157 Å². The minimum Gasteiger partial charge on any atom is -0.504 e. The fraction of sp³-hybridized carbons (Fsp3) is 0.520. The van der Waals surface area contributed by atoms with Gasteiger partial charge in [-0.15, -0.1) is 0 Å². The zero-order valence-electron chi connectivity index (χ0n) is 20.0. The number of aromatic hydroxyl groups is 1. The molecule has 198 valence electrons. The fourth-order valence-electron chi connectivity index (χ4n) is 4.25. The third-order valence-electron chi connectivity index (χ3n) is 6.24. The number of benzene rings is 2. The van der Waals surface area contributed by atoms with Crippen LogP contribution in [0.4, 0.5) is 0 Å². The molecular formula is C25H32O11. The van der Waals surface area contributed by atoms with Crippen LogP contribution in [0.15, 0.2) is 36.4 Å². The summed E-state index contributed by atoms with van der Waals surface area (Å²) in [6.07, 6.45) is -6.54. The van der Waals surface area contributed by atoms with E-state index < -0.39 is 43.1 Å². The second-order valence-corrected chi connectivity index (χ2v) is 8.64. The summed E-state index contributed by atoms with van der Waals surface area (Å²) in [5.41, 5.74) is 1.63. The van der Waals surface area contributed by atoms with Gasteiger partial charge in [-0.25, -0.2) is 0 Å². The lowest BCUT2D eigenvalue weighted by molar-refractivity contribution is -0.345. The Morgan fingerprint density at radius 2 is 1.67 bits per heavy atom. The fourth-order valence-corrected chi connectivity index (χ4v) is 4.25. The van der Waals surface area contributed by atoms with Crippen LogP contribution >= 0.6 is 0 Å². The first-order chi connectivity index (χ1) is 17.4. The Hall–Kier alpha value is -2.64. The smallest absolute Gasteiger partial charge is 0.189 e. The summed E-state index contributed by atoms with van der Waals surface area (Å²) >= 11 is 0. The molecule has 2 aliphatic rings. The highest BCUT2D eigenvalue weighted by atomic mass is 16.8. The SMILES string of the molecule is COc1cc([C@@H]2Oc3cc(CCCO[C@@H]4O[C@H](OC)[C@@H](O)[C@H](O)[C@H]4O)ccc3O[C@H]2CO)ccc1O. The van der Waals surface area contributed by atoms with Crippen LogP contribution in [-0.2, 0) is 20.6 Å². The Morgan fingerprint density at radius 3 is 2.39 bits per heavy atom. The number of aryl methyl sites for hydroxylation is 1. The first-order valence-corrected chi connectivity index (χ1v) is 11.6. The van der Waals surface area contributed by atoms with Crippen LogP contribution in [0.2, 0.25) is 0 Å². The summed E-state index contributed by atoms with van der Waals surface area (Å²) in [7, 11) is 2.77. The van der Waals surface area contributed by atoms with Gasteiger partial charge in [0.15, 0.2) is 47.8 Å². The zero-order chi connectivity index (χ0) is 25.8. The van der Waals surface area contributed by atoms with E-state index in [-0.39, 0.29) is 19.0 Å². The zero-order valence-corrected chi connectivity index (χ0v) is 20.0. The normalized spacial score (nSPS) is 29.7. The molecule has 0 bridgehead atoms. The molecule has 0 saturated carbocycles. The van der Waals surface area contributed by atoms with Crippen LogP contribution in [0, 0.1) is 0 Å². The van der Waals surface area contributed by atoms with Gasteiger partial charge in [-0.05, 0) is 42.7 Å². The largest absolute Gasteiger partial charge is 0.504 e. The molecule has 0 amide bonds. The molecule has 0 radical (unpaired) electrons. The van der Waals surface area contributed by atoms with E-state index in [2.05, 4.69) is 0 Å². The molecule has 11 nitrogen and oxygen atoms in total. The molecule has 0 spiro atoms. The number of aliphatic hydroxyl groups is 4. The maximum atomic E-state index is 10.1. The van der Waals surface area contributed by atoms with Gasteiger partial charge in [0.25, 0.3) is 0 Å². The highest BCUT2D eigenvalue weighted by Crippen LogP contribution is 2.41. The molecule has 1 saturated heterocycles. The Bertz CT molecular complexity index is 1010. The van der Waals surface area contributed by atoms with Crippen LogP contribution in [0.5, 0.6) is 23.0 Å². The number of ether oxygens (including phenoxy) is 6. The lowest BCUT2D eigenvalue weighted by Gasteiger charge is -2.39. The van der Waals surface area contributed by atoms with Crippen molar-refractivity contribution in [2.45, 2.75) is 55.9 Å². The highest BCUT2D eigenvalue weighted by Gasteiger charge is 2.44. The third kappa shape index (κ3) is 5.52. The predicted octanol–water partition coefficient (Wildman–Crippen LogP) is 0.635. The van der Waals surface area contributed by atoms with Crippen molar-refractivity contribution >= 4 is 0 Å². The number of fused-ring (bicyclic) bond motifs is 1. The molecule has 4 rings (SSSR count). The van der Waals surface area contributed by atoms with E-state index in [1.807, 2.05) is 12.1 Å². The highest BCUT2D eigenvalue weighted by molar-refractivity contribution is 5.47. The Labute approximate surface area is 208 Å². The van der Waals surface area contributed by atoms with Gasteiger partial charge in [-0.1, -0.05) is 12.1 Å². The minimum atomic E-state index is -1.45. The van der Waals surface area contributed by atoms with Gasteiger partial charge >= 0.3 is 0 Å². The maximum absolute atomic E-state index is 10.1. The van der Waals surface area contributed by atoms with Crippen molar-refractivity contribution in [3.8, 4) is 23.0 Å². The van der Waals surface area contributed by atoms with Gasteiger partial charge < -0.3 is 54.0 Å². The number of rotatable bonds is 9. The first kappa shape index (κ1) is 26.4. The molecule has 7 atom stereocenters. The second kappa shape index (κ2) is 11.6. The summed E-state index contributed by atoms with van der Waals surface area (Å²) in [5, 5.41) is 49.6. The van der Waals surface area contributed by atoms with Crippen molar-refractivity contribution < 1.29 is 54.0 Å². The number of aliphatic hydroxyl groups excluding tert-OH is 4. The molecule has 0 aromatic heterocycles. The number of phenols is 1. The third-order valence-corrected chi connectivity index (χ3v) is 6.24. The van der Waals surface area contributed by atoms with Crippen molar-refractivity contribution in [3.63, 3.8) is 0 Å². The van der Waals surface area contributed by atoms with E-state index in [9.17, 15) is 25.5 Å².